The molecule has 1 heterocycles. The van der Waals surface area contributed by atoms with E-state index in [1.54, 1.807) is 26.2 Å². The predicted octanol–water partition coefficient (Wildman–Crippen LogP) is 0.142. The number of amides is 1. The molecule has 0 bridgehead atoms. The van der Waals surface area contributed by atoms with Crippen LogP contribution in [0.25, 0.3) is 0 Å². The third-order valence-electron chi connectivity index (χ3n) is 5.66. The van der Waals surface area contributed by atoms with E-state index >= 15 is 0 Å². The molecule has 3 N–H and O–H groups in total. The van der Waals surface area contributed by atoms with Crippen LogP contribution in [-0.2, 0) is 11.3 Å². The van der Waals surface area contributed by atoms with Gasteiger partial charge in [0.25, 0.3) is 11.6 Å². The average Bonchev–Trinajstić information content (AvgIpc) is 2.71. The zero-order chi connectivity index (χ0) is 21.7. The fourth-order valence-corrected chi connectivity index (χ4v) is 4.00. The number of piperazine rings is 1. The van der Waals surface area contributed by atoms with Gasteiger partial charge >= 0.3 is 0 Å². The van der Waals surface area contributed by atoms with Crippen molar-refractivity contribution in [3.05, 3.63) is 63.2 Å². The van der Waals surface area contributed by atoms with Gasteiger partial charge in [-0.1, -0.05) is 23.8 Å². The molecule has 30 heavy (non-hydrogen) atoms. The number of nitrogens with zero attached hydrogens (tertiary/aromatic N) is 1. The van der Waals surface area contributed by atoms with E-state index in [1.807, 2.05) is 6.07 Å². The summed E-state index contributed by atoms with van der Waals surface area (Å²) in [5, 5.41) is 14.0. The number of quaternary nitrogens is 2. The monoisotopic (exact) mass is 414 g/mol. The van der Waals surface area contributed by atoms with E-state index < -0.39 is 4.92 Å². The quantitative estimate of drug-likeness (QED) is 0.444. The van der Waals surface area contributed by atoms with Gasteiger partial charge in [0, 0.05) is 11.6 Å². The molecule has 1 amide bonds. The maximum Gasteiger partial charge on any atom is 0.293 e. The molecule has 1 aliphatic heterocycles. The Morgan fingerprint density at radius 2 is 1.83 bits per heavy atom. The minimum Gasteiger partial charge on any atom is -0.496 e. The highest BCUT2D eigenvalue weighted by Crippen LogP contribution is 2.27. The number of hydrogen-bond acceptors (Lipinski definition) is 4. The summed E-state index contributed by atoms with van der Waals surface area (Å²) in [7, 11) is 1.70. The highest BCUT2D eigenvalue weighted by atomic mass is 16.6. The fraction of sp³-hybridized carbons (Fsp3) is 0.409. The highest BCUT2D eigenvalue weighted by Gasteiger charge is 2.27. The van der Waals surface area contributed by atoms with Crippen LogP contribution in [0.4, 0.5) is 11.4 Å². The Labute approximate surface area is 176 Å². The Morgan fingerprint density at radius 3 is 2.50 bits per heavy atom. The first kappa shape index (κ1) is 21.7. The molecule has 0 unspecified atom stereocenters. The molecule has 160 valence electrons. The van der Waals surface area contributed by atoms with E-state index in [9.17, 15) is 14.9 Å². The largest absolute Gasteiger partial charge is 0.496 e. The van der Waals surface area contributed by atoms with Crippen LogP contribution in [0.5, 0.6) is 5.75 Å². The van der Waals surface area contributed by atoms with Crippen LogP contribution >= 0.6 is 0 Å². The Kier molecular flexibility index (Phi) is 7.02. The molecule has 0 aromatic heterocycles. The molecule has 1 fully saturated rings. The normalized spacial score (nSPS) is 18.6. The molecule has 0 spiro atoms. The number of carbonyl (C=O) groups is 1. The molecule has 2 aromatic carbocycles. The van der Waals surface area contributed by atoms with Gasteiger partial charge in [-0.2, -0.15) is 0 Å². The van der Waals surface area contributed by atoms with Crippen molar-refractivity contribution in [1.82, 2.24) is 0 Å². The SMILES string of the molecule is COc1ccc(C)cc1C[NH+]1CC[NH+](CC(=O)Nc2c(C)cccc2[N+](=O)[O-])CC1. The van der Waals surface area contributed by atoms with Crippen LogP contribution in [-0.4, -0.2) is 50.7 Å². The average molecular weight is 415 g/mol. The number of nitro groups is 1. The van der Waals surface area contributed by atoms with Gasteiger partial charge in [0.05, 0.1) is 12.0 Å². The molecule has 2 aromatic rings. The van der Waals surface area contributed by atoms with Crippen LogP contribution in [0.2, 0.25) is 0 Å². The number of rotatable bonds is 7. The van der Waals surface area contributed by atoms with E-state index in [0.29, 0.717) is 17.8 Å². The van der Waals surface area contributed by atoms with Gasteiger partial charge < -0.3 is 19.9 Å². The molecule has 8 nitrogen and oxygen atoms in total. The molecule has 0 radical (unpaired) electrons. The van der Waals surface area contributed by atoms with Crippen molar-refractivity contribution in [2.24, 2.45) is 0 Å². The molecule has 1 saturated heterocycles. The van der Waals surface area contributed by atoms with Crippen molar-refractivity contribution in [1.29, 1.82) is 0 Å². The summed E-state index contributed by atoms with van der Waals surface area (Å²) in [6.07, 6.45) is 0. The van der Waals surface area contributed by atoms with Crippen LogP contribution in [0.1, 0.15) is 16.7 Å². The van der Waals surface area contributed by atoms with Gasteiger partial charge in [0.1, 0.15) is 44.2 Å². The van der Waals surface area contributed by atoms with Crippen molar-refractivity contribution in [2.45, 2.75) is 20.4 Å². The van der Waals surface area contributed by atoms with Crippen LogP contribution in [0.15, 0.2) is 36.4 Å². The topological polar surface area (TPSA) is 90.4 Å². The van der Waals surface area contributed by atoms with Gasteiger partial charge in [0.15, 0.2) is 6.54 Å². The van der Waals surface area contributed by atoms with E-state index in [4.69, 9.17) is 4.74 Å². The first-order valence-corrected chi connectivity index (χ1v) is 10.2. The summed E-state index contributed by atoms with van der Waals surface area (Å²) >= 11 is 0. The molecule has 3 rings (SSSR count). The van der Waals surface area contributed by atoms with Crippen LogP contribution in [0, 0.1) is 24.0 Å². The van der Waals surface area contributed by atoms with Crippen molar-refractivity contribution >= 4 is 17.3 Å². The second-order valence-corrected chi connectivity index (χ2v) is 7.94. The Bertz CT molecular complexity index is 923. The van der Waals surface area contributed by atoms with E-state index in [0.717, 1.165) is 38.5 Å². The lowest BCUT2D eigenvalue weighted by Crippen LogP contribution is -3.28. The number of ether oxygens (including phenoxy) is 1. The zero-order valence-corrected chi connectivity index (χ0v) is 17.8. The third kappa shape index (κ3) is 5.34. The molecule has 0 atom stereocenters. The predicted molar refractivity (Wildman–Crippen MR) is 114 cm³/mol. The molecule has 1 aliphatic rings. The number of benzene rings is 2. The van der Waals surface area contributed by atoms with Gasteiger partial charge in [0.2, 0.25) is 0 Å². The third-order valence-corrected chi connectivity index (χ3v) is 5.66. The lowest BCUT2D eigenvalue weighted by atomic mass is 10.1. The van der Waals surface area contributed by atoms with Crippen LogP contribution < -0.4 is 19.9 Å². The van der Waals surface area contributed by atoms with E-state index in [1.165, 1.54) is 27.0 Å². The van der Waals surface area contributed by atoms with Crippen molar-refractivity contribution in [3.63, 3.8) is 0 Å². The van der Waals surface area contributed by atoms with Gasteiger partial charge in [-0.3, -0.25) is 14.9 Å². The number of nitrogens with one attached hydrogen (secondary N) is 3. The summed E-state index contributed by atoms with van der Waals surface area (Å²) in [5.41, 5.74) is 3.34. The maximum atomic E-state index is 12.5. The zero-order valence-electron chi connectivity index (χ0n) is 17.8. The van der Waals surface area contributed by atoms with Gasteiger partial charge in [-0.25, -0.2) is 0 Å². The first-order chi connectivity index (χ1) is 14.4. The molecular formula is C22H30N4O4+2. The summed E-state index contributed by atoms with van der Waals surface area (Å²) in [4.78, 5) is 26.0. The molecular weight excluding hydrogens is 384 g/mol. The number of hydrogen-bond donors (Lipinski definition) is 3. The smallest absolute Gasteiger partial charge is 0.293 e. The number of methoxy groups -OCH3 is 1. The summed E-state index contributed by atoms with van der Waals surface area (Å²) in [6.45, 7) is 8.75. The number of para-hydroxylation sites is 1. The highest BCUT2D eigenvalue weighted by molar-refractivity contribution is 5.94. The summed E-state index contributed by atoms with van der Waals surface area (Å²) < 4.78 is 5.49. The van der Waals surface area contributed by atoms with E-state index in [2.05, 4.69) is 24.4 Å². The maximum absolute atomic E-state index is 12.5. The Hall–Kier alpha value is -2.97. The summed E-state index contributed by atoms with van der Waals surface area (Å²) in [6, 6.07) is 11.0. The van der Waals surface area contributed by atoms with Crippen molar-refractivity contribution < 1.29 is 24.3 Å². The number of aryl methyl sites for hydroxylation is 2. The number of anilines is 1. The lowest BCUT2D eigenvalue weighted by molar-refractivity contribution is -1.02. The molecule has 0 saturated carbocycles. The number of nitro benzene ring substituents is 1. The second-order valence-electron chi connectivity index (χ2n) is 7.94. The van der Waals surface area contributed by atoms with Gasteiger partial charge in [-0.15, -0.1) is 0 Å². The van der Waals surface area contributed by atoms with Crippen molar-refractivity contribution in [2.75, 3.05) is 45.2 Å². The second kappa shape index (κ2) is 9.69. The van der Waals surface area contributed by atoms with E-state index in [-0.39, 0.29) is 11.6 Å². The standard InChI is InChI=1S/C22H28N4O4/c1-16-7-8-20(30-3)18(13-16)14-24-9-11-25(12-10-24)15-21(27)23-22-17(2)5-4-6-19(22)26(28)29/h4-8,13H,9-12,14-15H2,1-3H3,(H,23,27)/p+2. The molecule has 0 aliphatic carbocycles. The Morgan fingerprint density at radius 1 is 1.13 bits per heavy atom. The van der Waals surface area contributed by atoms with Crippen molar-refractivity contribution in [3.8, 4) is 5.75 Å². The minimum absolute atomic E-state index is 0.0697. The first-order valence-electron chi connectivity index (χ1n) is 10.2. The lowest BCUT2D eigenvalue weighted by Gasteiger charge is -2.29. The van der Waals surface area contributed by atoms with Crippen LogP contribution in [0.3, 0.4) is 0 Å². The molecule has 8 heteroatoms. The van der Waals surface area contributed by atoms with Gasteiger partial charge in [-0.05, 0) is 31.5 Å². The minimum atomic E-state index is -0.461. The Balaban J connectivity index is 1.54. The fourth-order valence-electron chi connectivity index (χ4n) is 4.00. The summed E-state index contributed by atoms with van der Waals surface area (Å²) in [5.74, 6) is 0.730. The number of carbonyl (C=O) groups excluding carboxylic acids is 1.